The second kappa shape index (κ2) is 8.94. The molecule has 8 heteroatoms. The molecule has 156 valence electrons. The Hall–Kier alpha value is -2.42. The second-order valence-corrected chi connectivity index (χ2v) is 9.05. The van der Waals surface area contributed by atoms with Crippen molar-refractivity contribution in [1.82, 2.24) is 4.31 Å². The third-order valence-corrected chi connectivity index (χ3v) is 6.52. The maximum atomic E-state index is 12.7. The molecule has 1 saturated heterocycles. The summed E-state index contributed by atoms with van der Waals surface area (Å²) in [6.07, 6.45) is -0.701. The number of hydrogen-bond acceptors (Lipinski definition) is 5. The molecule has 1 amide bonds. The largest absolute Gasteiger partial charge is 0.481 e. The Morgan fingerprint density at radius 1 is 1.07 bits per heavy atom. The van der Waals surface area contributed by atoms with E-state index in [1.165, 1.54) is 16.4 Å². The number of morpholine rings is 1. The van der Waals surface area contributed by atoms with E-state index in [1.54, 1.807) is 19.1 Å². The first-order valence-corrected chi connectivity index (χ1v) is 10.9. The molecule has 0 radical (unpaired) electrons. The number of carbonyl (C=O) groups is 1. The molecule has 0 spiro atoms. The Morgan fingerprint density at radius 3 is 2.24 bits per heavy atom. The number of carbonyl (C=O) groups excluding carboxylic acids is 1. The minimum atomic E-state index is -3.56. The lowest BCUT2D eigenvalue weighted by molar-refractivity contribution is -0.122. The van der Waals surface area contributed by atoms with E-state index in [-0.39, 0.29) is 10.8 Å². The summed E-state index contributed by atoms with van der Waals surface area (Å²) >= 11 is 0. The zero-order valence-corrected chi connectivity index (χ0v) is 17.7. The van der Waals surface area contributed by atoms with E-state index in [9.17, 15) is 13.2 Å². The molecule has 29 heavy (non-hydrogen) atoms. The van der Waals surface area contributed by atoms with Gasteiger partial charge in [-0.2, -0.15) is 4.31 Å². The van der Waals surface area contributed by atoms with Crippen molar-refractivity contribution < 1.29 is 22.7 Å². The van der Waals surface area contributed by atoms with Gasteiger partial charge in [-0.25, -0.2) is 8.42 Å². The van der Waals surface area contributed by atoms with Gasteiger partial charge < -0.3 is 14.8 Å². The number of anilines is 1. The predicted molar refractivity (Wildman–Crippen MR) is 111 cm³/mol. The van der Waals surface area contributed by atoms with Crippen LogP contribution < -0.4 is 10.1 Å². The molecule has 3 rings (SSSR count). The van der Waals surface area contributed by atoms with Gasteiger partial charge in [0, 0.05) is 18.8 Å². The summed E-state index contributed by atoms with van der Waals surface area (Å²) in [6, 6.07) is 11.9. The second-order valence-electron chi connectivity index (χ2n) is 7.11. The van der Waals surface area contributed by atoms with Crippen LogP contribution in [0.1, 0.15) is 18.1 Å². The summed E-state index contributed by atoms with van der Waals surface area (Å²) in [5, 5.41) is 2.76. The van der Waals surface area contributed by atoms with Crippen LogP contribution in [0.15, 0.2) is 47.4 Å². The number of nitrogens with zero attached hydrogens (tertiary/aromatic N) is 1. The number of amides is 1. The van der Waals surface area contributed by atoms with Gasteiger partial charge in [-0.15, -0.1) is 0 Å². The van der Waals surface area contributed by atoms with Gasteiger partial charge in [0.15, 0.2) is 6.10 Å². The lowest BCUT2D eigenvalue weighted by Gasteiger charge is -2.26. The Morgan fingerprint density at radius 2 is 1.66 bits per heavy atom. The van der Waals surface area contributed by atoms with Gasteiger partial charge in [-0.1, -0.05) is 6.07 Å². The highest BCUT2D eigenvalue weighted by molar-refractivity contribution is 7.89. The van der Waals surface area contributed by atoms with Gasteiger partial charge in [-0.05, 0) is 68.3 Å². The highest BCUT2D eigenvalue weighted by Crippen LogP contribution is 2.21. The van der Waals surface area contributed by atoms with Crippen LogP contribution >= 0.6 is 0 Å². The van der Waals surface area contributed by atoms with Crippen LogP contribution in [0.25, 0.3) is 0 Å². The molecule has 1 heterocycles. The van der Waals surface area contributed by atoms with Crippen molar-refractivity contribution in [2.24, 2.45) is 0 Å². The smallest absolute Gasteiger partial charge is 0.265 e. The summed E-state index contributed by atoms with van der Waals surface area (Å²) < 4.78 is 37.7. The normalized spacial score (nSPS) is 16.2. The first-order valence-electron chi connectivity index (χ1n) is 9.49. The lowest BCUT2D eigenvalue weighted by atomic mass is 10.1. The Labute approximate surface area is 171 Å². The standard InChI is InChI=1S/C21H26N2O5S/c1-15-12-16(2)14-19(13-15)28-17(3)21(24)22-18-4-6-20(7-5-18)29(25,26)23-8-10-27-11-9-23/h4-7,12-14,17H,8-11H2,1-3H3,(H,22,24)/t17-/m1/s1. The molecule has 2 aromatic rings. The molecule has 1 aliphatic heterocycles. The van der Waals surface area contributed by atoms with Crippen molar-refractivity contribution in [3.05, 3.63) is 53.6 Å². The fourth-order valence-electron chi connectivity index (χ4n) is 3.15. The molecule has 0 unspecified atom stereocenters. The highest BCUT2D eigenvalue weighted by atomic mass is 32.2. The van der Waals surface area contributed by atoms with Gasteiger partial charge >= 0.3 is 0 Å². The van der Waals surface area contributed by atoms with Crippen LogP contribution in [0, 0.1) is 13.8 Å². The number of sulfonamides is 1. The lowest BCUT2D eigenvalue weighted by Crippen LogP contribution is -2.40. The molecular weight excluding hydrogens is 392 g/mol. The molecule has 0 aliphatic carbocycles. The van der Waals surface area contributed by atoms with Crippen LogP contribution in [-0.2, 0) is 19.6 Å². The van der Waals surface area contributed by atoms with Crippen LogP contribution in [0.4, 0.5) is 5.69 Å². The average Bonchev–Trinajstić information content (AvgIpc) is 2.68. The van der Waals surface area contributed by atoms with Gasteiger partial charge in [0.2, 0.25) is 10.0 Å². The van der Waals surface area contributed by atoms with Crippen LogP contribution in [0.2, 0.25) is 0 Å². The number of ether oxygens (including phenoxy) is 2. The first kappa shape index (κ1) is 21.3. The molecule has 0 aromatic heterocycles. The van der Waals surface area contributed by atoms with Gasteiger partial charge in [-0.3, -0.25) is 4.79 Å². The zero-order chi connectivity index (χ0) is 21.0. The molecule has 1 atom stereocenters. The molecule has 0 bridgehead atoms. The van der Waals surface area contributed by atoms with Gasteiger partial charge in [0.1, 0.15) is 5.75 Å². The number of nitrogens with one attached hydrogen (secondary N) is 1. The van der Waals surface area contributed by atoms with Crippen LogP contribution in [-0.4, -0.2) is 51.0 Å². The quantitative estimate of drug-likeness (QED) is 0.780. The topological polar surface area (TPSA) is 84.9 Å². The fraction of sp³-hybridized carbons (Fsp3) is 0.381. The van der Waals surface area contributed by atoms with E-state index >= 15 is 0 Å². The highest BCUT2D eigenvalue weighted by Gasteiger charge is 2.26. The number of benzene rings is 2. The zero-order valence-electron chi connectivity index (χ0n) is 16.8. The van der Waals surface area contributed by atoms with E-state index in [1.807, 2.05) is 32.0 Å². The molecule has 2 aromatic carbocycles. The van der Waals surface area contributed by atoms with Crippen molar-refractivity contribution in [3.8, 4) is 5.75 Å². The SMILES string of the molecule is Cc1cc(C)cc(O[C@H](C)C(=O)Nc2ccc(S(=O)(=O)N3CCOCC3)cc2)c1. The summed E-state index contributed by atoms with van der Waals surface area (Å²) in [6.45, 7) is 7.08. The molecule has 0 saturated carbocycles. The third kappa shape index (κ3) is 5.35. The summed E-state index contributed by atoms with van der Waals surface area (Å²) in [7, 11) is -3.56. The molecule has 1 N–H and O–H groups in total. The third-order valence-electron chi connectivity index (χ3n) is 4.61. The summed E-state index contributed by atoms with van der Waals surface area (Å²) in [5.41, 5.74) is 2.63. The summed E-state index contributed by atoms with van der Waals surface area (Å²) in [5.74, 6) is 0.324. The van der Waals surface area contributed by atoms with E-state index in [0.29, 0.717) is 37.7 Å². The minimum absolute atomic E-state index is 0.192. The molecular formula is C21H26N2O5S. The first-order chi connectivity index (χ1) is 13.8. The van der Waals surface area contributed by atoms with E-state index < -0.39 is 16.1 Å². The minimum Gasteiger partial charge on any atom is -0.481 e. The molecule has 1 fully saturated rings. The van der Waals surface area contributed by atoms with Crippen molar-refractivity contribution in [1.29, 1.82) is 0 Å². The maximum absolute atomic E-state index is 12.7. The van der Waals surface area contributed by atoms with Crippen LogP contribution in [0.3, 0.4) is 0 Å². The van der Waals surface area contributed by atoms with Crippen molar-refractivity contribution >= 4 is 21.6 Å². The molecule has 7 nitrogen and oxygen atoms in total. The molecule has 1 aliphatic rings. The average molecular weight is 419 g/mol. The Bertz CT molecular complexity index is 947. The van der Waals surface area contributed by atoms with E-state index in [4.69, 9.17) is 9.47 Å². The van der Waals surface area contributed by atoms with Crippen molar-refractivity contribution in [3.63, 3.8) is 0 Å². The van der Waals surface area contributed by atoms with Gasteiger partial charge in [0.25, 0.3) is 5.91 Å². The number of rotatable bonds is 6. The summed E-state index contributed by atoms with van der Waals surface area (Å²) in [4.78, 5) is 12.6. The number of hydrogen-bond donors (Lipinski definition) is 1. The van der Waals surface area contributed by atoms with Crippen LogP contribution in [0.5, 0.6) is 5.75 Å². The predicted octanol–water partition coefficient (Wildman–Crippen LogP) is 2.73. The fourth-order valence-corrected chi connectivity index (χ4v) is 4.56. The van der Waals surface area contributed by atoms with Gasteiger partial charge in [0.05, 0.1) is 18.1 Å². The monoisotopic (exact) mass is 418 g/mol. The Balaban J connectivity index is 1.63. The van der Waals surface area contributed by atoms with E-state index in [0.717, 1.165) is 11.1 Å². The van der Waals surface area contributed by atoms with Crippen molar-refractivity contribution in [2.45, 2.75) is 31.8 Å². The Kier molecular flexibility index (Phi) is 6.56. The number of aryl methyl sites for hydroxylation is 2. The van der Waals surface area contributed by atoms with E-state index in [2.05, 4.69) is 5.32 Å². The van der Waals surface area contributed by atoms with Crippen molar-refractivity contribution in [2.75, 3.05) is 31.6 Å². The maximum Gasteiger partial charge on any atom is 0.265 e.